The zero-order valence-corrected chi connectivity index (χ0v) is 12.7. The van der Waals surface area contributed by atoms with Crippen LogP contribution >= 0.6 is 0 Å². The van der Waals surface area contributed by atoms with E-state index in [-0.39, 0.29) is 0 Å². The molecule has 8 heteroatoms. The molecule has 8 nitrogen and oxygen atoms in total. The summed E-state index contributed by atoms with van der Waals surface area (Å²) < 4.78 is 20.3. The lowest BCUT2D eigenvalue weighted by atomic mass is 9.95. The zero-order valence-electron chi connectivity index (χ0n) is 12.7. The van der Waals surface area contributed by atoms with Crippen LogP contribution in [0.4, 0.5) is 0 Å². The van der Waals surface area contributed by atoms with E-state index in [0.29, 0.717) is 0 Å². The highest BCUT2D eigenvalue weighted by Crippen LogP contribution is 2.25. The van der Waals surface area contributed by atoms with Crippen molar-refractivity contribution in [3.8, 4) is 0 Å². The molecule has 4 atom stereocenters. The second-order valence-corrected chi connectivity index (χ2v) is 4.68. The van der Waals surface area contributed by atoms with Gasteiger partial charge in [0.05, 0.1) is 0 Å². The monoisotopic (exact) mass is 314 g/mol. The van der Waals surface area contributed by atoms with Gasteiger partial charge in [0.1, 0.15) is 0 Å². The maximum atomic E-state index is 11.3. The molecule has 0 N–H and O–H groups in total. The van der Waals surface area contributed by atoms with Crippen molar-refractivity contribution in [3.63, 3.8) is 0 Å². The highest BCUT2D eigenvalue weighted by Gasteiger charge is 2.44. The molecule has 0 amide bonds. The maximum absolute atomic E-state index is 11.3. The molecule has 0 saturated heterocycles. The summed E-state index contributed by atoms with van der Waals surface area (Å²) in [5, 5.41) is 0. The Morgan fingerprint density at radius 2 is 0.864 bits per heavy atom. The van der Waals surface area contributed by atoms with Gasteiger partial charge in [0.2, 0.25) is 0 Å². The van der Waals surface area contributed by atoms with Crippen LogP contribution in [0.25, 0.3) is 0 Å². The Morgan fingerprint density at radius 1 is 0.591 bits per heavy atom. The quantitative estimate of drug-likeness (QED) is 0.414. The molecule has 0 fully saturated rings. The van der Waals surface area contributed by atoms with Crippen LogP contribution in [-0.4, -0.2) is 48.3 Å². The minimum atomic E-state index is -1.11. The summed E-state index contributed by atoms with van der Waals surface area (Å²) in [6, 6.07) is 0. The van der Waals surface area contributed by atoms with Crippen molar-refractivity contribution in [2.75, 3.05) is 0 Å². The molecule has 1 rings (SSSR count). The number of hydrogen-bond acceptors (Lipinski definition) is 8. The van der Waals surface area contributed by atoms with Gasteiger partial charge in [-0.1, -0.05) is 0 Å². The van der Waals surface area contributed by atoms with Crippen LogP contribution in [0.3, 0.4) is 0 Å². The third-order valence-electron chi connectivity index (χ3n) is 2.67. The SMILES string of the molecule is CC(=O)O[C@@H]1[C@H](OC(C)=O)[C@@H](OC(C)=O)C=C[C@H]1OC(C)=O. The highest BCUT2D eigenvalue weighted by atomic mass is 16.6. The molecule has 0 aromatic rings. The van der Waals surface area contributed by atoms with E-state index >= 15 is 0 Å². The normalized spacial score (nSPS) is 26.7. The fraction of sp³-hybridized carbons (Fsp3) is 0.571. The molecule has 122 valence electrons. The van der Waals surface area contributed by atoms with Gasteiger partial charge in [-0.05, 0) is 12.2 Å². The summed E-state index contributed by atoms with van der Waals surface area (Å²) in [5.74, 6) is -2.51. The first kappa shape index (κ1) is 17.7. The Labute approximate surface area is 127 Å². The molecule has 22 heavy (non-hydrogen) atoms. The van der Waals surface area contributed by atoms with Gasteiger partial charge in [0.15, 0.2) is 24.4 Å². The molecule has 0 bridgehead atoms. The predicted molar refractivity (Wildman–Crippen MR) is 71.4 cm³/mol. The van der Waals surface area contributed by atoms with E-state index in [0.717, 1.165) is 13.8 Å². The molecule has 0 radical (unpaired) electrons. The van der Waals surface area contributed by atoms with Crippen molar-refractivity contribution in [1.29, 1.82) is 0 Å². The van der Waals surface area contributed by atoms with Crippen LogP contribution in [0, 0.1) is 0 Å². The molecule has 1 aliphatic carbocycles. The first-order chi connectivity index (χ1) is 10.2. The Bertz CT molecular complexity index is 451. The standard InChI is InChI=1S/C14H18O8/c1-7(15)19-11-5-6-12(20-8(2)16)14(22-10(4)18)13(11)21-9(3)17/h5-6,11-14H,1-4H3/t11-,12+,13+,14-. The van der Waals surface area contributed by atoms with Crippen LogP contribution in [0.2, 0.25) is 0 Å². The number of hydrogen-bond donors (Lipinski definition) is 0. The minimum absolute atomic E-state index is 0.598. The number of carbonyl (C=O) groups excluding carboxylic acids is 4. The van der Waals surface area contributed by atoms with E-state index in [1.54, 1.807) is 0 Å². The van der Waals surface area contributed by atoms with Crippen molar-refractivity contribution in [1.82, 2.24) is 0 Å². The molecule has 0 saturated carbocycles. The molecular formula is C14H18O8. The molecule has 0 unspecified atom stereocenters. The Hall–Kier alpha value is -2.38. The lowest BCUT2D eigenvalue weighted by molar-refractivity contribution is -0.193. The van der Waals surface area contributed by atoms with Crippen molar-refractivity contribution in [3.05, 3.63) is 12.2 Å². The lowest BCUT2D eigenvalue weighted by Gasteiger charge is -2.36. The van der Waals surface area contributed by atoms with Crippen LogP contribution in [0.15, 0.2) is 12.2 Å². The van der Waals surface area contributed by atoms with Gasteiger partial charge < -0.3 is 18.9 Å². The number of esters is 4. The van der Waals surface area contributed by atoms with Gasteiger partial charge >= 0.3 is 23.9 Å². The summed E-state index contributed by atoms with van der Waals surface area (Å²) in [6.45, 7) is 4.71. The fourth-order valence-corrected chi connectivity index (χ4v) is 2.06. The van der Waals surface area contributed by atoms with Crippen LogP contribution in [0.5, 0.6) is 0 Å². The molecule has 1 aliphatic rings. The Kier molecular flexibility index (Phi) is 6.09. The molecular weight excluding hydrogens is 296 g/mol. The van der Waals surface area contributed by atoms with Gasteiger partial charge in [-0.2, -0.15) is 0 Å². The third-order valence-corrected chi connectivity index (χ3v) is 2.67. The molecule has 0 heterocycles. The second-order valence-electron chi connectivity index (χ2n) is 4.68. The van der Waals surface area contributed by atoms with Gasteiger partial charge in [-0.25, -0.2) is 0 Å². The van der Waals surface area contributed by atoms with Crippen LogP contribution in [-0.2, 0) is 38.1 Å². The molecule has 0 aromatic heterocycles. The van der Waals surface area contributed by atoms with E-state index in [4.69, 9.17) is 18.9 Å². The first-order valence-corrected chi connectivity index (χ1v) is 6.58. The smallest absolute Gasteiger partial charge is 0.303 e. The average molecular weight is 314 g/mol. The van der Waals surface area contributed by atoms with Gasteiger partial charge in [0.25, 0.3) is 0 Å². The van der Waals surface area contributed by atoms with Crippen LogP contribution < -0.4 is 0 Å². The zero-order chi connectivity index (χ0) is 16.9. The Morgan fingerprint density at radius 3 is 1.09 bits per heavy atom. The summed E-state index contributed by atoms with van der Waals surface area (Å²) in [7, 11) is 0. The largest absolute Gasteiger partial charge is 0.454 e. The van der Waals surface area contributed by atoms with Crippen molar-refractivity contribution >= 4 is 23.9 Å². The molecule has 0 spiro atoms. The van der Waals surface area contributed by atoms with E-state index < -0.39 is 48.3 Å². The molecule has 0 aromatic carbocycles. The van der Waals surface area contributed by atoms with E-state index in [2.05, 4.69) is 0 Å². The van der Waals surface area contributed by atoms with E-state index in [1.807, 2.05) is 0 Å². The predicted octanol–water partition coefficient (Wildman–Crippen LogP) is 0.283. The first-order valence-electron chi connectivity index (χ1n) is 6.58. The Balaban J connectivity index is 3.11. The van der Waals surface area contributed by atoms with Crippen LogP contribution in [0.1, 0.15) is 27.7 Å². The molecule has 0 aliphatic heterocycles. The van der Waals surface area contributed by atoms with Crippen molar-refractivity contribution in [2.45, 2.75) is 52.1 Å². The fourth-order valence-electron chi connectivity index (χ4n) is 2.06. The lowest BCUT2D eigenvalue weighted by Crippen LogP contribution is -2.53. The highest BCUT2D eigenvalue weighted by molar-refractivity contribution is 5.69. The van der Waals surface area contributed by atoms with Crippen molar-refractivity contribution < 1.29 is 38.1 Å². The number of carbonyl (C=O) groups is 4. The topological polar surface area (TPSA) is 105 Å². The summed E-state index contributed by atoms with van der Waals surface area (Å²) in [4.78, 5) is 44.8. The summed E-state index contributed by atoms with van der Waals surface area (Å²) in [6.07, 6.45) is -1.28. The third kappa shape index (κ3) is 5.19. The van der Waals surface area contributed by atoms with Crippen molar-refractivity contribution in [2.24, 2.45) is 0 Å². The number of ether oxygens (including phenoxy) is 4. The number of rotatable bonds is 4. The second kappa shape index (κ2) is 7.58. The summed E-state index contributed by atoms with van der Waals surface area (Å²) in [5.41, 5.74) is 0. The maximum Gasteiger partial charge on any atom is 0.303 e. The minimum Gasteiger partial charge on any atom is -0.454 e. The van der Waals surface area contributed by atoms with Gasteiger partial charge in [-0.3, -0.25) is 19.2 Å². The van der Waals surface area contributed by atoms with E-state index in [9.17, 15) is 19.2 Å². The summed E-state index contributed by atoms with van der Waals surface area (Å²) >= 11 is 0. The van der Waals surface area contributed by atoms with Gasteiger partial charge in [-0.15, -0.1) is 0 Å². The van der Waals surface area contributed by atoms with Gasteiger partial charge in [0, 0.05) is 27.7 Å². The van der Waals surface area contributed by atoms with E-state index in [1.165, 1.54) is 26.0 Å². The average Bonchev–Trinajstić information content (AvgIpc) is 2.34.